The maximum Gasteiger partial charge on any atom is 0.306 e. The zero-order valence-corrected chi connectivity index (χ0v) is 43.6. The first-order chi connectivity index (χ1) is 33.5. The molecule has 6 nitrogen and oxygen atoms in total. The Labute approximate surface area is 417 Å². The largest absolute Gasteiger partial charge is 0.462 e. The van der Waals surface area contributed by atoms with Gasteiger partial charge in [-0.1, -0.05) is 231 Å². The number of rotatable bonds is 47. The van der Waals surface area contributed by atoms with Gasteiger partial charge in [0.2, 0.25) is 0 Å². The summed E-state index contributed by atoms with van der Waals surface area (Å²) in [6, 6.07) is 0. The van der Waals surface area contributed by atoms with E-state index in [0.717, 1.165) is 103 Å². The Kier molecular flexibility index (Phi) is 51.5. The highest BCUT2D eigenvalue weighted by atomic mass is 16.6. The fourth-order valence-electron chi connectivity index (χ4n) is 6.94. The van der Waals surface area contributed by atoms with E-state index in [-0.39, 0.29) is 44.0 Å². The molecule has 0 saturated heterocycles. The Balaban J connectivity index is 4.57. The Hall–Kier alpha value is -4.45. The van der Waals surface area contributed by atoms with Gasteiger partial charge in [0, 0.05) is 19.3 Å². The third-order valence-corrected chi connectivity index (χ3v) is 11.0. The molecule has 0 aromatic carbocycles. The summed E-state index contributed by atoms with van der Waals surface area (Å²) in [7, 11) is 0. The first-order valence-electron chi connectivity index (χ1n) is 27.2. The van der Waals surface area contributed by atoms with Crippen molar-refractivity contribution >= 4 is 17.9 Å². The molecule has 6 heteroatoms. The van der Waals surface area contributed by atoms with Crippen molar-refractivity contribution in [3.05, 3.63) is 134 Å². The van der Waals surface area contributed by atoms with Gasteiger partial charge in [-0.15, -0.1) is 0 Å². The van der Waals surface area contributed by atoms with Crippen molar-refractivity contribution in [3.63, 3.8) is 0 Å². The van der Waals surface area contributed by atoms with Crippen LogP contribution in [0.5, 0.6) is 0 Å². The molecule has 0 spiro atoms. The van der Waals surface area contributed by atoms with Gasteiger partial charge in [-0.25, -0.2) is 0 Å². The predicted molar refractivity (Wildman–Crippen MR) is 292 cm³/mol. The van der Waals surface area contributed by atoms with E-state index in [9.17, 15) is 14.4 Å². The Morgan fingerprint density at radius 1 is 0.324 bits per heavy atom. The van der Waals surface area contributed by atoms with E-state index in [4.69, 9.17) is 14.2 Å². The predicted octanol–water partition coefficient (Wildman–Crippen LogP) is 18.3. The van der Waals surface area contributed by atoms with Crippen LogP contribution in [-0.4, -0.2) is 37.2 Å². The summed E-state index contributed by atoms with van der Waals surface area (Å²) in [5, 5.41) is 0. The number of hydrogen-bond donors (Lipinski definition) is 0. The highest BCUT2D eigenvalue weighted by Gasteiger charge is 2.19. The van der Waals surface area contributed by atoms with Gasteiger partial charge in [-0.2, -0.15) is 0 Å². The fraction of sp³-hybridized carbons (Fsp3) is 0.597. The number of ether oxygens (including phenoxy) is 3. The molecule has 1 atom stereocenters. The van der Waals surface area contributed by atoms with E-state index < -0.39 is 6.10 Å². The quantitative estimate of drug-likeness (QED) is 0.0199. The van der Waals surface area contributed by atoms with E-state index in [2.05, 4.69) is 106 Å². The summed E-state index contributed by atoms with van der Waals surface area (Å²) < 4.78 is 16.7. The molecular formula is C62H98O6. The average molecular weight is 939 g/mol. The summed E-state index contributed by atoms with van der Waals surface area (Å²) in [6.45, 7) is 6.26. The number of hydrogen-bond acceptors (Lipinski definition) is 6. The summed E-state index contributed by atoms with van der Waals surface area (Å²) in [6.07, 6.45) is 77.4. The SMILES string of the molecule is CC/C=C/C=C/C=C/C=C/CCCCCC(=O)OCC(COC(=O)CC/C=C/C/C=C/C/C=C/C/C=C/C/C=C/C/C=C/CC)OC(=O)CCCCCCC/C=C/CCCCCCCCCCC. The summed E-state index contributed by atoms with van der Waals surface area (Å²) in [4.78, 5) is 38.0. The van der Waals surface area contributed by atoms with E-state index in [1.807, 2.05) is 48.6 Å². The van der Waals surface area contributed by atoms with E-state index >= 15 is 0 Å². The zero-order valence-electron chi connectivity index (χ0n) is 43.6. The highest BCUT2D eigenvalue weighted by Crippen LogP contribution is 2.13. The molecule has 1 unspecified atom stereocenters. The van der Waals surface area contributed by atoms with Gasteiger partial charge in [0.1, 0.15) is 13.2 Å². The molecule has 0 fully saturated rings. The number of allylic oxidation sites excluding steroid dienone is 22. The van der Waals surface area contributed by atoms with Gasteiger partial charge < -0.3 is 14.2 Å². The maximum absolute atomic E-state index is 12.8. The zero-order chi connectivity index (χ0) is 49.3. The molecule has 0 amide bonds. The summed E-state index contributed by atoms with van der Waals surface area (Å²) in [5.74, 6) is -1.07. The van der Waals surface area contributed by atoms with Crippen LogP contribution < -0.4 is 0 Å². The van der Waals surface area contributed by atoms with Gasteiger partial charge in [-0.05, 0) is 103 Å². The lowest BCUT2D eigenvalue weighted by atomic mass is 10.1. The van der Waals surface area contributed by atoms with Crippen LogP contribution in [0, 0.1) is 0 Å². The lowest BCUT2D eigenvalue weighted by Gasteiger charge is -2.18. The third kappa shape index (κ3) is 52.5. The number of esters is 3. The van der Waals surface area contributed by atoms with Crippen molar-refractivity contribution in [1.29, 1.82) is 0 Å². The fourth-order valence-corrected chi connectivity index (χ4v) is 6.94. The second kappa shape index (κ2) is 55.1. The van der Waals surface area contributed by atoms with E-state index in [1.54, 1.807) is 0 Å². The standard InChI is InChI=1S/C62H98O6/c1-4-7-10-13-16-19-22-25-27-29-31-33-34-37-40-43-46-49-52-55-61(64)67-58-59(57-66-60(63)54-51-48-45-42-39-36-24-21-18-15-12-9-6-3)68-62(65)56-53-50-47-44-41-38-35-32-30-28-26-23-20-17-14-11-8-5-2/h7,9-10,12,15-16,18-19,21,24-25,27,31-33,35-37,39-40,46,49,59H,4-6,8,11,13-14,17,20,22-23,26,28-30,34,38,41-45,47-48,50-58H2,1-3H3/b10-7+,12-9+,18-15+,19-16+,24-21+,27-25+,33-31+,35-32+,39-36+,40-37+,49-46+. The van der Waals surface area contributed by atoms with Crippen molar-refractivity contribution in [2.45, 2.75) is 226 Å². The van der Waals surface area contributed by atoms with Gasteiger partial charge in [-0.3, -0.25) is 14.4 Å². The van der Waals surface area contributed by atoms with Crippen LogP contribution >= 0.6 is 0 Å². The van der Waals surface area contributed by atoms with Crippen LogP contribution in [0.25, 0.3) is 0 Å². The average Bonchev–Trinajstić information content (AvgIpc) is 3.34. The molecule has 0 aliphatic rings. The topological polar surface area (TPSA) is 78.9 Å². The Morgan fingerprint density at radius 3 is 1.18 bits per heavy atom. The minimum Gasteiger partial charge on any atom is -0.462 e. The number of carbonyl (C=O) groups excluding carboxylic acids is 3. The number of unbranched alkanes of at least 4 members (excludes halogenated alkanes) is 17. The van der Waals surface area contributed by atoms with Crippen LogP contribution in [0.4, 0.5) is 0 Å². The van der Waals surface area contributed by atoms with Crippen LogP contribution in [0.15, 0.2) is 134 Å². The Bertz CT molecular complexity index is 1500. The lowest BCUT2D eigenvalue weighted by Crippen LogP contribution is -2.30. The minimum atomic E-state index is -0.834. The monoisotopic (exact) mass is 939 g/mol. The summed E-state index contributed by atoms with van der Waals surface area (Å²) >= 11 is 0. The molecule has 0 rings (SSSR count). The Morgan fingerprint density at radius 2 is 0.676 bits per heavy atom. The van der Waals surface area contributed by atoms with Gasteiger partial charge in [0.15, 0.2) is 6.10 Å². The molecule has 0 radical (unpaired) electrons. The van der Waals surface area contributed by atoms with Crippen LogP contribution in [0.3, 0.4) is 0 Å². The highest BCUT2D eigenvalue weighted by molar-refractivity contribution is 5.71. The second-order valence-electron chi connectivity index (χ2n) is 17.5. The minimum absolute atomic E-state index is 0.130. The molecule has 0 aromatic heterocycles. The van der Waals surface area contributed by atoms with Gasteiger partial charge in [0.25, 0.3) is 0 Å². The second-order valence-corrected chi connectivity index (χ2v) is 17.5. The smallest absolute Gasteiger partial charge is 0.306 e. The molecular weight excluding hydrogens is 841 g/mol. The molecule has 0 aromatic rings. The van der Waals surface area contributed by atoms with Crippen molar-refractivity contribution in [2.24, 2.45) is 0 Å². The summed E-state index contributed by atoms with van der Waals surface area (Å²) in [5.41, 5.74) is 0. The normalized spacial score (nSPS) is 13.2. The molecule has 382 valence electrons. The van der Waals surface area contributed by atoms with E-state index in [1.165, 1.54) is 70.6 Å². The first kappa shape index (κ1) is 63.6. The molecule has 0 aliphatic carbocycles. The van der Waals surface area contributed by atoms with Crippen molar-refractivity contribution in [3.8, 4) is 0 Å². The lowest BCUT2D eigenvalue weighted by molar-refractivity contribution is -0.166. The van der Waals surface area contributed by atoms with Gasteiger partial charge in [0.05, 0.1) is 0 Å². The van der Waals surface area contributed by atoms with Crippen molar-refractivity contribution < 1.29 is 28.6 Å². The molecule has 68 heavy (non-hydrogen) atoms. The number of carbonyl (C=O) groups is 3. The van der Waals surface area contributed by atoms with Crippen LogP contribution in [-0.2, 0) is 28.6 Å². The molecule has 0 aliphatic heterocycles. The molecule has 0 heterocycles. The van der Waals surface area contributed by atoms with E-state index in [0.29, 0.717) is 12.8 Å². The molecule has 0 N–H and O–H groups in total. The first-order valence-corrected chi connectivity index (χ1v) is 27.2. The van der Waals surface area contributed by atoms with Crippen LogP contribution in [0.1, 0.15) is 220 Å². The maximum atomic E-state index is 12.8. The molecule has 0 saturated carbocycles. The molecule has 0 bridgehead atoms. The third-order valence-electron chi connectivity index (χ3n) is 11.0. The van der Waals surface area contributed by atoms with Gasteiger partial charge >= 0.3 is 17.9 Å². The van der Waals surface area contributed by atoms with Crippen molar-refractivity contribution in [2.75, 3.05) is 13.2 Å². The van der Waals surface area contributed by atoms with Crippen LogP contribution in [0.2, 0.25) is 0 Å². The van der Waals surface area contributed by atoms with Crippen molar-refractivity contribution in [1.82, 2.24) is 0 Å².